The number of carbonyl (C=O) groups is 1. The summed E-state index contributed by atoms with van der Waals surface area (Å²) in [5.41, 5.74) is 1.17. The second kappa shape index (κ2) is 9.21. The predicted octanol–water partition coefficient (Wildman–Crippen LogP) is 5.58. The summed E-state index contributed by atoms with van der Waals surface area (Å²) < 4.78 is 6.17. The summed E-state index contributed by atoms with van der Waals surface area (Å²) in [6.45, 7) is 0. The van der Waals surface area contributed by atoms with Crippen LogP contribution in [0.2, 0.25) is 5.02 Å². The van der Waals surface area contributed by atoms with Gasteiger partial charge < -0.3 is 14.9 Å². The standard InChI is InChI=1S/C18H12Br2ClN3O4S/c1-28-13-3-2-9(21)7-10(13)16-22-18(24-23-16)29-14(17(26)27)6-8-4-11(19)15(25)12(20)5-8/h2-7,25H,1H3,(H,26,27)(H,22,23,24)/b14-6-. The van der Waals surface area contributed by atoms with Crippen LogP contribution in [0, 0.1) is 0 Å². The minimum absolute atomic E-state index is 0.00176. The van der Waals surface area contributed by atoms with Gasteiger partial charge in [-0.1, -0.05) is 11.6 Å². The summed E-state index contributed by atoms with van der Waals surface area (Å²) in [5.74, 6) is -0.163. The van der Waals surface area contributed by atoms with Crippen molar-refractivity contribution in [1.82, 2.24) is 15.2 Å². The van der Waals surface area contributed by atoms with Crippen LogP contribution in [0.3, 0.4) is 0 Å². The Bertz CT molecular complexity index is 1100. The average Bonchev–Trinajstić information content (AvgIpc) is 3.14. The number of hydrogen-bond acceptors (Lipinski definition) is 6. The van der Waals surface area contributed by atoms with Crippen LogP contribution in [-0.2, 0) is 4.79 Å². The molecule has 0 amide bonds. The van der Waals surface area contributed by atoms with E-state index in [4.69, 9.17) is 16.3 Å². The number of aromatic amines is 1. The van der Waals surface area contributed by atoms with Gasteiger partial charge in [0.2, 0.25) is 5.16 Å². The van der Waals surface area contributed by atoms with Crippen molar-refractivity contribution in [3.05, 3.63) is 54.8 Å². The molecule has 0 bridgehead atoms. The van der Waals surface area contributed by atoms with E-state index in [1.165, 1.54) is 13.2 Å². The van der Waals surface area contributed by atoms with Crippen molar-refractivity contribution in [3.8, 4) is 22.9 Å². The Kier molecular flexibility index (Phi) is 6.89. The third-order valence-corrected chi connectivity index (χ3v) is 5.95. The maximum absolute atomic E-state index is 11.7. The molecule has 0 unspecified atom stereocenters. The van der Waals surface area contributed by atoms with Crippen LogP contribution >= 0.6 is 55.2 Å². The van der Waals surface area contributed by atoms with E-state index in [0.29, 0.717) is 36.7 Å². The number of ether oxygens (including phenoxy) is 1. The first-order valence-electron chi connectivity index (χ1n) is 7.85. The zero-order valence-corrected chi connectivity index (χ0v) is 19.4. The number of halogens is 3. The molecule has 0 atom stereocenters. The van der Waals surface area contributed by atoms with Crippen LogP contribution in [0.15, 0.2) is 49.3 Å². The van der Waals surface area contributed by atoms with E-state index in [2.05, 4.69) is 47.0 Å². The molecule has 2 aromatic carbocycles. The minimum Gasteiger partial charge on any atom is -0.506 e. The van der Waals surface area contributed by atoms with E-state index in [-0.39, 0.29) is 15.8 Å². The third kappa shape index (κ3) is 5.13. The fourth-order valence-corrected chi connectivity index (χ4v) is 4.43. The van der Waals surface area contributed by atoms with E-state index >= 15 is 0 Å². The lowest BCUT2D eigenvalue weighted by Crippen LogP contribution is -1.97. The smallest absolute Gasteiger partial charge is 0.342 e. The van der Waals surface area contributed by atoms with Gasteiger partial charge in [-0.2, -0.15) is 0 Å². The summed E-state index contributed by atoms with van der Waals surface area (Å²) in [7, 11) is 1.53. The van der Waals surface area contributed by atoms with Crippen LogP contribution in [0.5, 0.6) is 11.5 Å². The van der Waals surface area contributed by atoms with E-state index in [1.807, 2.05) is 0 Å². The maximum Gasteiger partial charge on any atom is 0.342 e. The number of thioether (sulfide) groups is 1. The van der Waals surface area contributed by atoms with Crippen LogP contribution < -0.4 is 4.74 Å². The fourth-order valence-electron chi connectivity index (χ4n) is 2.33. The lowest BCUT2D eigenvalue weighted by molar-refractivity contribution is -0.131. The number of aliphatic carboxylic acids is 1. The number of hydrogen-bond donors (Lipinski definition) is 3. The highest BCUT2D eigenvalue weighted by atomic mass is 79.9. The van der Waals surface area contributed by atoms with Gasteiger partial charge in [0.05, 0.1) is 21.6 Å². The average molecular weight is 562 g/mol. The fraction of sp³-hybridized carbons (Fsp3) is 0.0556. The Balaban J connectivity index is 1.92. The Morgan fingerprint density at radius 2 is 1.97 bits per heavy atom. The Morgan fingerprint density at radius 1 is 1.28 bits per heavy atom. The van der Waals surface area contributed by atoms with Gasteiger partial charge in [0.25, 0.3) is 0 Å². The summed E-state index contributed by atoms with van der Waals surface area (Å²) in [6.07, 6.45) is 1.46. The number of nitrogens with one attached hydrogen (secondary N) is 1. The first-order valence-corrected chi connectivity index (χ1v) is 10.6. The molecule has 150 valence electrons. The highest BCUT2D eigenvalue weighted by molar-refractivity contribution is 9.11. The molecular weight excluding hydrogens is 550 g/mol. The summed E-state index contributed by atoms with van der Waals surface area (Å²) in [6, 6.07) is 8.27. The molecule has 7 nitrogen and oxygen atoms in total. The number of phenolic OH excluding ortho intramolecular Hbond substituents is 1. The normalized spacial score (nSPS) is 11.5. The molecule has 0 fully saturated rings. The Labute approximate surface area is 191 Å². The maximum atomic E-state index is 11.7. The van der Waals surface area contributed by atoms with Gasteiger partial charge in [-0.15, -0.1) is 5.10 Å². The molecular formula is C18H12Br2ClN3O4S. The highest BCUT2D eigenvalue weighted by Crippen LogP contribution is 2.36. The predicted molar refractivity (Wildman–Crippen MR) is 118 cm³/mol. The summed E-state index contributed by atoms with van der Waals surface area (Å²) >= 11 is 13.4. The van der Waals surface area contributed by atoms with Crippen LogP contribution in [0.4, 0.5) is 0 Å². The lowest BCUT2D eigenvalue weighted by Gasteiger charge is -2.05. The van der Waals surface area contributed by atoms with Crippen molar-refractivity contribution < 1.29 is 19.7 Å². The first-order chi connectivity index (χ1) is 13.8. The topological polar surface area (TPSA) is 108 Å². The first kappa shape index (κ1) is 21.7. The van der Waals surface area contributed by atoms with Gasteiger partial charge in [-0.05, 0) is 85.6 Å². The molecule has 0 aliphatic heterocycles. The number of aromatic hydroxyl groups is 1. The van der Waals surface area contributed by atoms with Crippen LogP contribution in [0.25, 0.3) is 17.5 Å². The molecule has 3 aromatic rings. The molecule has 1 heterocycles. The second-order valence-electron chi connectivity index (χ2n) is 5.56. The van der Waals surface area contributed by atoms with Gasteiger partial charge in [-0.3, -0.25) is 5.10 Å². The van der Waals surface area contributed by atoms with Gasteiger partial charge in [-0.25, -0.2) is 9.78 Å². The van der Waals surface area contributed by atoms with Crippen molar-refractivity contribution in [2.24, 2.45) is 0 Å². The number of H-pyrrole nitrogens is 1. The van der Waals surface area contributed by atoms with Crippen molar-refractivity contribution >= 4 is 67.3 Å². The van der Waals surface area contributed by atoms with Crippen molar-refractivity contribution in [3.63, 3.8) is 0 Å². The molecule has 0 saturated carbocycles. The van der Waals surface area contributed by atoms with Gasteiger partial charge in [0.1, 0.15) is 16.4 Å². The quantitative estimate of drug-likeness (QED) is 0.266. The van der Waals surface area contributed by atoms with Gasteiger partial charge >= 0.3 is 5.97 Å². The Morgan fingerprint density at radius 3 is 2.59 bits per heavy atom. The van der Waals surface area contributed by atoms with Gasteiger partial charge in [0.15, 0.2) is 5.82 Å². The monoisotopic (exact) mass is 559 g/mol. The number of benzene rings is 2. The molecule has 3 rings (SSSR count). The zero-order valence-electron chi connectivity index (χ0n) is 14.6. The molecule has 1 aromatic heterocycles. The van der Waals surface area contributed by atoms with Crippen molar-refractivity contribution in [2.75, 3.05) is 7.11 Å². The third-order valence-electron chi connectivity index (χ3n) is 3.63. The second-order valence-corrected chi connectivity index (χ2v) is 8.71. The number of aromatic nitrogens is 3. The van der Waals surface area contributed by atoms with Crippen molar-refractivity contribution in [2.45, 2.75) is 5.16 Å². The number of phenols is 1. The van der Waals surface area contributed by atoms with Crippen LogP contribution in [0.1, 0.15) is 5.56 Å². The van der Waals surface area contributed by atoms with E-state index in [0.717, 1.165) is 11.8 Å². The molecule has 29 heavy (non-hydrogen) atoms. The molecule has 0 aliphatic carbocycles. The van der Waals surface area contributed by atoms with Gasteiger partial charge in [0, 0.05) is 5.02 Å². The summed E-state index contributed by atoms with van der Waals surface area (Å²) in [5, 5.41) is 26.9. The molecule has 0 saturated heterocycles. The molecule has 0 spiro atoms. The zero-order chi connectivity index (χ0) is 21.1. The number of carboxylic acids is 1. The van der Waals surface area contributed by atoms with Crippen LogP contribution in [-0.4, -0.2) is 38.5 Å². The minimum atomic E-state index is -1.14. The molecule has 0 aliphatic rings. The Hall–Kier alpha value is -2.01. The number of rotatable bonds is 6. The number of nitrogens with zero attached hydrogens (tertiary/aromatic N) is 2. The van der Waals surface area contributed by atoms with E-state index < -0.39 is 5.97 Å². The van der Waals surface area contributed by atoms with Crippen molar-refractivity contribution in [1.29, 1.82) is 0 Å². The lowest BCUT2D eigenvalue weighted by atomic mass is 10.2. The highest BCUT2D eigenvalue weighted by Gasteiger charge is 2.17. The molecule has 11 heteroatoms. The van der Waals surface area contributed by atoms with E-state index in [9.17, 15) is 15.0 Å². The molecule has 0 radical (unpaired) electrons. The van der Waals surface area contributed by atoms with E-state index in [1.54, 1.807) is 30.3 Å². The largest absolute Gasteiger partial charge is 0.506 e. The SMILES string of the molecule is COc1ccc(Cl)cc1-c1nc(S/C(=C\c2cc(Br)c(O)c(Br)c2)C(=O)O)n[nH]1. The number of methoxy groups -OCH3 is 1. The number of carboxylic acid groups (broad SMARTS) is 1. The molecule has 3 N–H and O–H groups in total. The summed E-state index contributed by atoms with van der Waals surface area (Å²) in [4.78, 5) is 16.0.